The molecule has 13 heteroatoms. The van der Waals surface area contributed by atoms with E-state index in [0.717, 1.165) is 23.9 Å². The average molecular weight is 316 g/mol. The summed E-state index contributed by atoms with van der Waals surface area (Å²) in [5, 5.41) is 10.6. The summed E-state index contributed by atoms with van der Waals surface area (Å²) in [7, 11) is 5.04. The molecule has 0 aromatic carbocycles. The van der Waals surface area contributed by atoms with Crippen LogP contribution in [0.2, 0.25) is 0 Å². The Kier molecular flexibility index (Phi) is 5.15. The van der Waals surface area contributed by atoms with E-state index in [9.17, 15) is 24.2 Å². The molecule has 1 rings (SSSR count). The SMILES string of the molecule is CN(N=O)C(=O)N[C@@H]1[C@@H](NC(=O)N(C)N=O)N(C)C(=O)N1C. The second-order valence-corrected chi connectivity index (χ2v) is 4.50. The van der Waals surface area contributed by atoms with Crippen molar-refractivity contribution in [3.05, 3.63) is 9.81 Å². The van der Waals surface area contributed by atoms with Crippen molar-refractivity contribution in [2.75, 3.05) is 28.2 Å². The van der Waals surface area contributed by atoms with E-state index in [-0.39, 0.29) is 0 Å². The van der Waals surface area contributed by atoms with Crippen LogP contribution in [0.1, 0.15) is 0 Å². The van der Waals surface area contributed by atoms with Crippen molar-refractivity contribution in [3.8, 4) is 0 Å². The molecule has 122 valence electrons. The second-order valence-electron chi connectivity index (χ2n) is 4.50. The zero-order valence-corrected chi connectivity index (χ0v) is 12.4. The molecular formula is C9H16N8O5. The standard InChI is InChI=1S/C9H16N8O5/c1-14-5(10-7(18)16(3)12-21)6(15(2)9(14)20)11-8(19)17(4)13-22/h5-6H,1-4H3,(H,10,18)(H,11,19)/t5-,6-/m0/s1. The first kappa shape index (κ1) is 17.1. The Morgan fingerprint density at radius 3 is 1.55 bits per heavy atom. The van der Waals surface area contributed by atoms with Gasteiger partial charge in [0.1, 0.15) is 12.3 Å². The van der Waals surface area contributed by atoms with Crippen LogP contribution in [0.5, 0.6) is 0 Å². The number of nitrogens with zero attached hydrogens (tertiary/aromatic N) is 6. The van der Waals surface area contributed by atoms with Crippen LogP contribution in [0.4, 0.5) is 14.4 Å². The lowest BCUT2D eigenvalue weighted by Crippen LogP contribution is -2.58. The van der Waals surface area contributed by atoms with Crippen molar-refractivity contribution in [2.45, 2.75) is 12.3 Å². The molecule has 2 atom stereocenters. The summed E-state index contributed by atoms with van der Waals surface area (Å²) in [6.45, 7) is 0. The number of likely N-dealkylation sites (N-methyl/N-ethyl adjacent to an activating group) is 2. The highest BCUT2D eigenvalue weighted by Crippen LogP contribution is 2.16. The third-order valence-corrected chi connectivity index (χ3v) is 3.11. The van der Waals surface area contributed by atoms with Crippen LogP contribution in [-0.2, 0) is 0 Å². The van der Waals surface area contributed by atoms with Gasteiger partial charge in [0.25, 0.3) is 0 Å². The fourth-order valence-corrected chi connectivity index (χ4v) is 1.78. The molecule has 0 aliphatic carbocycles. The van der Waals surface area contributed by atoms with Crippen molar-refractivity contribution >= 4 is 18.1 Å². The van der Waals surface area contributed by atoms with E-state index in [0.29, 0.717) is 10.0 Å². The zero-order valence-electron chi connectivity index (χ0n) is 12.4. The van der Waals surface area contributed by atoms with E-state index in [1.807, 2.05) is 0 Å². The van der Waals surface area contributed by atoms with Gasteiger partial charge in [-0.3, -0.25) is 0 Å². The quantitative estimate of drug-likeness (QED) is 0.519. The third kappa shape index (κ3) is 3.18. The molecule has 6 amide bonds. The molecule has 1 aliphatic rings. The fraction of sp³-hybridized carbons (Fsp3) is 0.667. The van der Waals surface area contributed by atoms with Gasteiger partial charge in [0.05, 0.1) is 10.6 Å². The molecule has 0 aromatic rings. The van der Waals surface area contributed by atoms with Gasteiger partial charge >= 0.3 is 18.1 Å². The molecule has 1 aliphatic heterocycles. The zero-order chi connectivity index (χ0) is 17.0. The number of hydrogen-bond acceptors (Lipinski definition) is 7. The van der Waals surface area contributed by atoms with Gasteiger partial charge in [0.15, 0.2) is 0 Å². The maximum Gasteiger partial charge on any atom is 0.341 e. The average Bonchev–Trinajstić information content (AvgIpc) is 2.70. The molecule has 1 saturated heterocycles. The van der Waals surface area contributed by atoms with Crippen LogP contribution >= 0.6 is 0 Å². The Morgan fingerprint density at radius 1 is 0.955 bits per heavy atom. The molecule has 0 radical (unpaired) electrons. The van der Waals surface area contributed by atoms with E-state index < -0.39 is 30.4 Å². The van der Waals surface area contributed by atoms with Gasteiger partial charge in [0, 0.05) is 28.2 Å². The van der Waals surface area contributed by atoms with Gasteiger partial charge < -0.3 is 20.4 Å². The maximum absolute atomic E-state index is 11.9. The molecule has 0 saturated carbocycles. The first-order chi connectivity index (χ1) is 10.2. The number of carbonyl (C=O) groups excluding carboxylic acids is 3. The molecule has 0 unspecified atom stereocenters. The van der Waals surface area contributed by atoms with Gasteiger partial charge in [0.2, 0.25) is 0 Å². The Morgan fingerprint density at radius 2 is 1.27 bits per heavy atom. The Bertz CT molecular complexity index is 456. The lowest BCUT2D eigenvalue weighted by Gasteiger charge is -2.27. The topological polar surface area (TPSA) is 147 Å². The van der Waals surface area contributed by atoms with Crippen molar-refractivity contribution in [1.82, 2.24) is 30.5 Å². The summed E-state index contributed by atoms with van der Waals surface area (Å²) in [4.78, 5) is 58.2. The minimum absolute atomic E-state index is 0.487. The monoisotopic (exact) mass is 316 g/mol. The Labute approximate surface area is 125 Å². The van der Waals surface area contributed by atoms with E-state index in [4.69, 9.17) is 0 Å². The van der Waals surface area contributed by atoms with Crippen molar-refractivity contribution in [2.24, 2.45) is 10.6 Å². The lowest BCUT2D eigenvalue weighted by atomic mass is 10.3. The van der Waals surface area contributed by atoms with Gasteiger partial charge in [-0.15, -0.1) is 9.81 Å². The molecule has 0 bridgehead atoms. The number of carbonyl (C=O) groups is 3. The number of amides is 6. The van der Waals surface area contributed by atoms with E-state index in [2.05, 4.69) is 21.2 Å². The highest BCUT2D eigenvalue weighted by atomic mass is 16.3. The van der Waals surface area contributed by atoms with Gasteiger partial charge in [-0.2, -0.15) is 10.0 Å². The molecule has 2 N–H and O–H groups in total. The normalized spacial score (nSPS) is 20.5. The van der Waals surface area contributed by atoms with Crippen LogP contribution in [0.15, 0.2) is 10.6 Å². The van der Waals surface area contributed by atoms with Gasteiger partial charge in [-0.1, -0.05) is 0 Å². The van der Waals surface area contributed by atoms with Crippen LogP contribution in [0, 0.1) is 9.81 Å². The number of nitrogens with one attached hydrogen (secondary N) is 2. The van der Waals surface area contributed by atoms with Crippen molar-refractivity contribution in [1.29, 1.82) is 0 Å². The summed E-state index contributed by atoms with van der Waals surface area (Å²) in [5.41, 5.74) is 0. The van der Waals surface area contributed by atoms with Crippen LogP contribution in [0.25, 0.3) is 0 Å². The summed E-state index contributed by atoms with van der Waals surface area (Å²) in [6, 6.07) is -2.22. The summed E-state index contributed by atoms with van der Waals surface area (Å²) in [6.07, 6.45) is -1.95. The molecule has 1 fully saturated rings. The van der Waals surface area contributed by atoms with E-state index in [1.165, 1.54) is 14.1 Å². The molecule has 1 heterocycles. The number of urea groups is 3. The molecule has 0 spiro atoms. The molecule has 0 aromatic heterocycles. The lowest BCUT2D eigenvalue weighted by molar-refractivity contribution is 0.167. The Hall–Kier alpha value is -2.99. The predicted molar refractivity (Wildman–Crippen MR) is 72.7 cm³/mol. The smallest absolute Gasteiger partial charge is 0.312 e. The molecular weight excluding hydrogens is 300 g/mol. The number of nitroso groups, excluding NO2 is 2. The summed E-state index contributed by atoms with van der Waals surface area (Å²) >= 11 is 0. The third-order valence-electron chi connectivity index (χ3n) is 3.11. The van der Waals surface area contributed by atoms with E-state index >= 15 is 0 Å². The van der Waals surface area contributed by atoms with Crippen LogP contribution in [0.3, 0.4) is 0 Å². The minimum Gasteiger partial charge on any atom is -0.312 e. The number of rotatable bonds is 4. The van der Waals surface area contributed by atoms with Crippen molar-refractivity contribution in [3.63, 3.8) is 0 Å². The first-order valence-electron chi connectivity index (χ1n) is 5.99. The Balaban J connectivity index is 2.92. The second kappa shape index (κ2) is 6.64. The number of hydrogen-bond donors (Lipinski definition) is 2. The van der Waals surface area contributed by atoms with Crippen molar-refractivity contribution < 1.29 is 14.4 Å². The molecule has 22 heavy (non-hydrogen) atoms. The summed E-state index contributed by atoms with van der Waals surface area (Å²) in [5.74, 6) is 0. The largest absolute Gasteiger partial charge is 0.341 e. The fourth-order valence-electron chi connectivity index (χ4n) is 1.78. The maximum atomic E-state index is 11.9. The molecule has 13 nitrogen and oxygen atoms in total. The van der Waals surface area contributed by atoms with Crippen LogP contribution < -0.4 is 10.6 Å². The predicted octanol–water partition coefficient (Wildman–Crippen LogP) is -0.719. The first-order valence-corrected chi connectivity index (χ1v) is 5.99. The minimum atomic E-state index is -0.974. The van der Waals surface area contributed by atoms with Crippen LogP contribution in [-0.4, -0.2) is 78.4 Å². The highest BCUT2D eigenvalue weighted by molar-refractivity contribution is 5.82. The summed E-state index contributed by atoms with van der Waals surface area (Å²) < 4.78 is 0. The highest BCUT2D eigenvalue weighted by Gasteiger charge is 2.44. The van der Waals surface area contributed by atoms with Gasteiger partial charge in [-0.25, -0.2) is 14.4 Å². The van der Waals surface area contributed by atoms with Gasteiger partial charge in [-0.05, 0) is 0 Å². The van der Waals surface area contributed by atoms with E-state index in [1.54, 1.807) is 0 Å².